The molecule has 0 aliphatic carbocycles. The highest BCUT2D eigenvalue weighted by Gasteiger charge is 2.11. The molecule has 0 radical (unpaired) electrons. The molecule has 0 saturated carbocycles. The Morgan fingerprint density at radius 3 is 2.45 bits per heavy atom. The Hall–Kier alpha value is 0.0600. The zero-order valence-corrected chi connectivity index (χ0v) is 8.40. The molecule has 0 spiro atoms. The van der Waals surface area contributed by atoms with Gasteiger partial charge in [0.2, 0.25) is 0 Å². The van der Waals surface area contributed by atoms with E-state index in [1.165, 1.54) is 19.3 Å². The number of hydrogen-bond acceptors (Lipinski definition) is 2. The second-order valence-electron chi connectivity index (χ2n) is 2.54. The lowest BCUT2D eigenvalue weighted by Crippen LogP contribution is -1.87. The summed E-state index contributed by atoms with van der Waals surface area (Å²) in [6, 6.07) is 0. The molecule has 11 heavy (non-hydrogen) atoms. The molecule has 1 atom stereocenters. The fourth-order valence-corrected chi connectivity index (χ4v) is 1.30. The number of rotatable bonds is 7. The number of hydrogen-bond donors (Lipinski definition) is 0. The molecule has 0 saturated heterocycles. The van der Waals surface area contributed by atoms with Crippen LogP contribution in [-0.2, 0) is 9.09 Å². The molecule has 0 aliphatic heterocycles. The van der Waals surface area contributed by atoms with E-state index in [1.54, 1.807) is 0 Å². The molecule has 3 heteroatoms. The van der Waals surface area contributed by atoms with Gasteiger partial charge < -0.3 is 0 Å². The summed E-state index contributed by atoms with van der Waals surface area (Å²) in [5, 5.41) is 0. The van der Waals surface area contributed by atoms with Gasteiger partial charge in [-0.1, -0.05) is 26.2 Å². The lowest BCUT2D eigenvalue weighted by atomic mass is 10.2. The van der Waals surface area contributed by atoms with Gasteiger partial charge in [0.15, 0.2) is 6.16 Å². The van der Waals surface area contributed by atoms with Crippen molar-refractivity contribution < 1.29 is 9.09 Å². The van der Waals surface area contributed by atoms with Gasteiger partial charge in [-0.3, -0.25) is 0 Å². The second-order valence-corrected chi connectivity index (χ2v) is 4.10. The Morgan fingerprint density at radius 1 is 1.18 bits per heavy atom. The van der Waals surface area contributed by atoms with Crippen LogP contribution >= 0.6 is 8.03 Å². The topological polar surface area (TPSA) is 26.3 Å². The molecular formula is C8H18O2P+. The largest absolute Gasteiger partial charge is 0.507 e. The number of unbranched alkanes of at least 4 members (excludes halogenated alkanes) is 3. The molecule has 0 N–H and O–H groups in total. The van der Waals surface area contributed by atoms with E-state index in [0.717, 1.165) is 6.42 Å². The van der Waals surface area contributed by atoms with Gasteiger partial charge in [0.05, 0.1) is 0 Å². The van der Waals surface area contributed by atoms with Crippen molar-refractivity contribution in [2.45, 2.75) is 39.5 Å². The molecule has 0 bridgehead atoms. The molecule has 0 aromatic carbocycles. The molecular weight excluding hydrogens is 159 g/mol. The average molecular weight is 177 g/mol. The molecule has 0 aliphatic rings. The zero-order valence-electron chi connectivity index (χ0n) is 7.51. The van der Waals surface area contributed by atoms with Crippen LogP contribution < -0.4 is 0 Å². The molecule has 66 valence electrons. The first-order valence-corrected chi connectivity index (χ1v) is 5.75. The fourth-order valence-electron chi connectivity index (χ4n) is 0.786. The van der Waals surface area contributed by atoms with Crippen molar-refractivity contribution in [2.24, 2.45) is 0 Å². The van der Waals surface area contributed by atoms with Crippen LogP contribution in [0.5, 0.6) is 0 Å². The maximum atomic E-state index is 10.8. The quantitative estimate of drug-likeness (QED) is 0.440. The molecule has 0 fully saturated rings. The third-order valence-electron chi connectivity index (χ3n) is 1.49. The monoisotopic (exact) mass is 177 g/mol. The summed E-state index contributed by atoms with van der Waals surface area (Å²) in [4.78, 5) is 0. The Kier molecular flexibility index (Phi) is 8.20. The van der Waals surface area contributed by atoms with E-state index in [9.17, 15) is 4.57 Å². The molecule has 0 amide bonds. The maximum absolute atomic E-state index is 10.8. The first-order chi connectivity index (χ1) is 5.31. The van der Waals surface area contributed by atoms with Crippen LogP contribution in [0.2, 0.25) is 0 Å². The van der Waals surface area contributed by atoms with Crippen LogP contribution in [0.3, 0.4) is 0 Å². The van der Waals surface area contributed by atoms with Gasteiger partial charge in [-0.15, -0.1) is 4.52 Å². The average Bonchev–Trinajstić information content (AvgIpc) is 2.04. The standard InChI is InChI=1S/C8H18O2P/c1-3-5-6-7-8-10-11(9)4-2/h3-8H2,1-2H3/q+1. The molecule has 2 nitrogen and oxygen atoms in total. The van der Waals surface area contributed by atoms with Gasteiger partial charge in [-0.25, -0.2) is 0 Å². The normalized spacial score (nSPS) is 11.6. The smallest absolute Gasteiger partial charge is 0.146 e. The van der Waals surface area contributed by atoms with E-state index in [-0.39, 0.29) is 0 Å². The first-order valence-electron chi connectivity index (χ1n) is 4.38. The predicted molar refractivity (Wildman–Crippen MR) is 48.2 cm³/mol. The third-order valence-corrected chi connectivity index (χ3v) is 2.48. The third kappa shape index (κ3) is 7.96. The minimum Gasteiger partial charge on any atom is -0.146 e. The van der Waals surface area contributed by atoms with Crippen molar-refractivity contribution in [3.63, 3.8) is 0 Å². The lowest BCUT2D eigenvalue weighted by Gasteiger charge is -1.92. The maximum Gasteiger partial charge on any atom is 0.507 e. The lowest BCUT2D eigenvalue weighted by molar-refractivity contribution is 0.317. The van der Waals surface area contributed by atoms with Gasteiger partial charge in [-0.2, -0.15) is 0 Å². The fraction of sp³-hybridized carbons (Fsp3) is 1.00. The van der Waals surface area contributed by atoms with E-state index in [4.69, 9.17) is 4.52 Å². The predicted octanol–water partition coefficient (Wildman–Crippen LogP) is 3.35. The summed E-state index contributed by atoms with van der Waals surface area (Å²) >= 11 is 0. The highest BCUT2D eigenvalue weighted by Crippen LogP contribution is 2.20. The summed E-state index contributed by atoms with van der Waals surface area (Å²) < 4.78 is 15.8. The molecule has 0 aromatic rings. The first kappa shape index (κ1) is 11.1. The minimum atomic E-state index is -1.35. The molecule has 1 unspecified atom stereocenters. The van der Waals surface area contributed by atoms with E-state index >= 15 is 0 Å². The highest BCUT2D eigenvalue weighted by molar-refractivity contribution is 7.39. The van der Waals surface area contributed by atoms with Gasteiger partial charge in [0, 0.05) is 0 Å². The van der Waals surface area contributed by atoms with Crippen LogP contribution in [0.1, 0.15) is 39.5 Å². The van der Waals surface area contributed by atoms with E-state index in [1.807, 2.05) is 6.92 Å². The van der Waals surface area contributed by atoms with Crippen molar-refractivity contribution in [3.05, 3.63) is 0 Å². The van der Waals surface area contributed by atoms with Crippen molar-refractivity contribution >= 4 is 8.03 Å². The minimum absolute atomic E-state index is 0.642. The summed E-state index contributed by atoms with van der Waals surface area (Å²) in [5.41, 5.74) is 0. The van der Waals surface area contributed by atoms with Crippen molar-refractivity contribution in [2.75, 3.05) is 12.8 Å². The van der Waals surface area contributed by atoms with Crippen LogP contribution in [0.25, 0.3) is 0 Å². The van der Waals surface area contributed by atoms with E-state index in [0.29, 0.717) is 12.8 Å². The SMILES string of the molecule is CCCCCCO[P+](=O)CC. The van der Waals surface area contributed by atoms with Gasteiger partial charge in [-0.05, 0) is 17.9 Å². The zero-order chi connectivity index (χ0) is 8.53. The Balaban J connectivity index is 2.95. The van der Waals surface area contributed by atoms with Crippen molar-refractivity contribution in [3.8, 4) is 0 Å². The van der Waals surface area contributed by atoms with Crippen molar-refractivity contribution in [1.29, 1.82) is 0 Å². The molecule has 0 aromatic heterocycles. The highest BCUT2D eigenvalue weighted by atomic mass is 31.1. The summed E-state index contributed by atoms with van der Waals surface area (Å²) in [6.07, 6.45) is 5.38. The van der Waals surface area contributed by atoms with Crippen molar-refractivity contribution in [1.82, 2.24) is 0 Å². The summed E-state index contributed by atoms with van der Waals surface area (Å²) in [7, 11) is -1.35. The van der Waals surface area contributed by atoms with Crippen LogP contribution in [0.4, 0.5) is 0 Å². The molecule has 0 heterocycles. The van der Waals surface area contributed by atoms with Gasteiger partial charge >= 0.3 is 8.03 Å². The molecule has 0 rings (SSSR count). The van der Waals surface area contributed by atoms with E-state index < -0.39 is 8.03 Å². The Morgan fingerprint density at radius 2 is 1.91 bits per heavy atom. The van der Waals surface area contributed by atoms with Crippen LogP contribution in [-0.4, -0.2) is 12.8 Å². The Bertz CT molecular complexity index is 104. The summed E-state index contributed by atoms with van der Waals surface area (Å²) in [5.74, 6) is 0. The van der Waals surface area contributed by atoms with Gasteiger partial charge in [0.1, 0.15) is 6.61 Å². The van der Waals surface area contributed by atoms with Crippen LogP contribution in [0, 0.1) is 0 Å². The Labute approximate surface area is 70.2 Å². The van der Waals surface area contributed by atoms with E-state index in [2.05, 4.69) is 6.92 Å². The second kappa shape index (κ2) is 8.16. The van der Waals surface area contributed by atoms with Crippen LogP contribution in [0.15, 0.2) is 0 Å². The van der Waals surface area contributed by atoms with Gasteiger partial charge in [0.25, 0.3) is 0 Å². The summed E-state index contributed by atoms with van der Waals surface area (Å²) in [6.45, 7) is 4.72.